The van der Waals surface area contributed by atoms with E-state index in [2.05, 4.69) is 12.0 Å². The maximum Gasteiger partial charge on any atom is 0.123 e. The molecule has 1 unspecified atom stereocenters. The van der Waals surface area contributed by atoms with Crippen molar-refractivity contribution in [1.29, 1.82) is 0 Å². The molecule has 0 saturated heterocycles. The second-order valence-electron chi connectivity index (χ2n) is 3.71. The monoisotopic (exact) mass is 223 g/mol. The number of rotatable bonds is 6. The number of allylic oxidation sites excluding steroid dienone is 1. The first-order valence-corrected chi connectivity index (χ1v) is 5.31. The van der Waals surface area contributed by atoms with Crippen LogP contribution in [-0.4, -0.2) is 0 Å². The molecule has 1 atom stereocenters. The molecule has 0 spiro atoms. The third kappa shape index (κ3) is 3.32. The molecule has 0 aliphatic heterocycles. The van der Waals surface area contributed by atoms with E-state index in [0.29, 0.717) is 11.3 Å². The van der Waals surface area contributed by atoms with Crippen LogP contribution in [0.2, 0.25) is 0 Å². The van der Waals surface area contributed by atoms with E-state index in [0.717, 1.165) is 19.3 Å². The molecule has 88 valence electrons. The minimum Gasteiger partial charge on any atom is -0.398 e. The van der Waals surface area contributed by atoms with Crippen molar-refractivity contribution in [1.82, 2.24) is 5.43 Å². The van der Waals surface area contributed by atoms with Gasteiger partial charge in [-0.3, -0.25) is 11.3 Å². The van der Waals surface area contributed by atoms with Gasteiger partial charge in [0, 0.05) is 11.7 Å². The van der Waals surface area contributed by atoms with Crippen LogP contribution in [0.4, 0.5) is 10.1 Å². The van der Waals surface area contributed by atoms with E-state index in [1.54, 1.807) is 6.07 Å². The molecular formula is C12H18FN3. The Kier molecular flexibility index (Phi) is 4.95. The Labute approximate surface area is 95.3 Å². The number of hydrogen-bond acceptors (Lipinski definition) is 3. The van der Waals surface area contributed by atoms with Gasteiger partial charge in [0.15, 0.2) is 0 Å². The Bertz CT molecular complexity index is 352. The molecule has 0 amide bonds. The Morgan fingerprint density at radius 1 is 1.50 bits per heavy atom. The third-order valence-electron chi connectivity index (χ3n) is 2.53. The van der Waals surface area contributed by atoms with Gasteiger partial charge in [0.2, 0.25) is 0 Å². The molecule has 1 rings (SSSR count). The van der Waals surface area contributed by atoms with Crippen LogP contribution in [0, 0.1) is 5.82 Å². The van der Waals surface area contributed by atoms with Gasteiger partial charge in [-0.25, -0.2) is 4.39 Å². The van der Waals surface area contributed by atoms with E-state index in [1.807, 2.05) is 6.08 Å². The second-order valence-corrected chi connectivity index (χ2v) is 3.71. The summed E-state index contributed by atoms with van der Waals surface area (Å²) in [6, 6.07) is 4.21. The van der Waals surface area contributed by atoms with E-state index in [-0.39, 0.29) is 11.9 Å². The van der Waals surface area contributed by atoms with Crippen molar-refractivity contribution in [3.05, 3.63) is 42.2 Å². The van der Waals surface area contributed by atoms with Crippen molar-refractivity contribution in [3.63, 3.8) is 0 Å². The second kappa shape index (κ2) is 6.25. The first kappa shape index (κ1) is 12.7. The number of halogens is 1. The highest BCUT2D eigenvalue weighted by atomic mass is 19.1. The summed E-state index contributed by atoms with van der Waals surface area (Å²) < 4.78 is 13.1. The Hall–Kier alpha value is -1.39. The number of hydrazine groups is 1. The van der Waals surface area contributed by atoms with Crippen LogP contribution in [0.5, 0.6) is 0 Å². The molecule has 1 aromatic carbocycles. The molecule has 5 N–H and O–H groups in total. The van der Waals surface area contributed by atoms with Gasteiger partial charge in [-0.2, -0.15) is 0 Å². The number of hydrogen-bond donors (Lipinski definition) is 3. The molecular weight excluding hydrogens is 205 g/mol. The van der Waals surface area contributed by atoms with E-state index < -0.39 is 0 Å². The van der Waals surface area contributed by atoms with Crippen LogP contribution in [0.15, 0.2) is 30.9 Å². The van der Waals surface area contributed by atoms with Crippen LogP contribution in [0.25, 0.3) is 0 Å². The van der Waals surface area contributed by atoms with Crippen molar-refractivity contribution in [2.45, 2.75) is 25.3 Å². The quantitative estimate of drug-likeness (QED) is 0.228. The molecule has 0 radical (unpaired) electrons. The number of nitrogen functional groups attached to an aromatic ring is 1. The molecule has 4 heteroatoms. The lowest BCUT2D eigenvalue weighted by molar-refractivity contribution is 0.498. The zero-order valence-corrected chi connectivity index (χ0v) is 9.25. The van der Waals surface area contributed by atoms with Gasteiger partial charge in [0.25, 0.3) is 0 Å². The summed E-state index contributed by atoms with van der Waals surface area (Å²) in [5, 5.41) is 0. The van der Waals surface area contributed by atoms with E-state index in [9.17, 15) is 4.39 Å². The van der Waals surface area contributed by atoms with Crippen LogP contribution in [-0.2, 0) is 0 Å². The molecule has 0 fully saturated rings. The summed E-state index contributed by atoms with van der Waals surface area (Å²) in [7, 11) is 0. The maximum absolute atomic E-state index is 13.1. The van der Waals surface area contributed by atoms with Crippen LogP contribution in [0.3, 0.4) is 0 Å². The van der Waals surface area contributed by atoms with Crippen molar-refractivity contribution < 1.29 is 4.39 Å². The normalized spacial score (nSPS) is 12.4. The highest BCUT2D eigenvalue weighted by Gasteiger charge is 2.12. The predicted molar refractivity (Wildman–Crippen MR) is 64.9 cm³/mol. The van der Waals surface area contributed by atoms with Crippen molar-refractivity contribution in [3.8, 4) is 0 Å². The Morgan fingerprint density at radius 3 is 2.88 bits per heavy atom. The molecule has 0 bridgehead atoms. The minimum absolute atomic E-state index is 0.115. The van der Waals surface area contributed by atoms with Crippen LogP contribution < -0.4 is 17.0 Å². The van der Waals surface area contributed by atoms with Crippen molar-refractivity contribution >= 4 is 5.69 Å². The lowest BCUT2D eigenvalue weighted by atomic mass is 10.00. The number of nitrogens with one attached hydrogen (secondary N) is 1. The molecule has 0 heterocycles. The zero-order valence-electron chi connectivity index (χ0n) is 9.25. The standard InChI is InChI=1S/C12H18FN3/c1-2-3-4-5-12(16-15)10-8-9(13)6-7-11(10)14/h2,6-8,12,16H,1,3-5,14-15H2. The molecule has 1 aromatic rings. The van der Waals surface area contributed by atoms with Gasteiger partial charge < -0.3 is 5.73 Å². The molecule has 0 aliphatic carbocycles. The first-order valence-electron chi connectivity index (χ1n) is 5.31. The number of unbranched alkanes of at least 4 members (excludes halogenated alkanes) is 1. The fourth-order valence-corrected chi connectivity index (χ4v) is 1.64. The van der Waals surface area contributed by atoms with Crippen LogP contribution in [0.1, 0.15) is 30.9 Å². The smallest absolute Gasteiger partial charge is 0.123 e. The fraction of sp³-hybridized carbons (Fsp3) is 0.333. The summed E-state index contributed by atoms with van der Waals surface area (Å²) in [6.45, 7) is 3.65. The summed E-state index contributed by atoms with van der Waals surface area (Å²) in [6.07, 6.45) is 4.50. The van der Waals surface area contributed by atoms with Gasteiger partial charge >= 0.3 is 0 Å². The van der Waals surface area contributed by atoms with Gasteiger partial charge in [-0.15, -0.1) is 6.58 Å². The Balaban J connectivity index is 2.77. The minimum atomic E-state index is -0.298. The SMILES string of the molecule is C=CCCCC(NN)c1cc(F)ccc1N. The molecule has 3 nitrogen and oxygen atoms in total. The maximum atomic E-state index is 13.1. The summed E-state index contributed by atoms with van der Waals surface area (Å²) in [5.41, 5.74) is 9.72. The average molecular weight is 223 g/mol. The van der Waals surface area contributed by atoms with Crippen molar-refractivity contribution in [2.75, 3.05) is 5.73 Å². The van der Waals surface area contributed by atoms with Gasteiger partial charge in [0.1, 0.15) is 5.82 Å². The van der Waals surface area contributed by atoms with Crippen molar-refractivity contribution in [2.24, 2.45) is 5.84 Å². The predicted octanol–water partition coefficient (Wildman–Crippen LogP) is 2.27. The summed E-state index contributed by atoms with van der Waals surface area (Å²) in [4.78, 5) is 0. The lowest BCUT2D eigenvalue weighted by Crippen LogP contribution is -2.28. The van der Waals surface area contributed by atoms with E-state index >= 15 is 0 Å². The summed E-state index contributed by atoms with van der Waals surface area (Å²) >= 11 is 0. The van der Waals surface area contributed by atoms with Gasteiger partial charge in [0.05, 0.1) is 0 Å². The van der Waals surface area contributed by atoms with E-state index in [1.165, 1.54) is 12.1 Å². The highest BCUT2D eigenvalue weighted by Crippen LogP contribution is 2.25. The fourth-order valence-electron chi connectivity index (χ4n) is 1.64. The first-order chi connectivity index (χ1) is 7.69. The topological polar surface area (TPSA) is 64.1 Å². The largest absolute Gasteiger partial charge is 0.398 e. The van der Waals surface area contributed by atoms with Crippen LogP contribution >= 0.6 is 0 Å². The number of benzene rings is 1. The van der Waals surface area contributed by atoms with Gasteiger partial charge in [-0.1, -0.05) is 6.08 Å². The molecule has 0 aliphatic rings. The third-order valence-corrected chi connectivity index (χ3v) is 2.53. The molecule has 0 saturated carbocycles. The lowest BCUT2D eigenvalue weighted by Gasteiger charge is -2.17. The molecule has 16 heavy (non-hydrogen) atoms. The summed E-state index contributed by atoms with van der Waals surface area (Å²) in [5.74, 6) is 5.15. The Morgan fingerprint density at radius 2 is 2.25 bits per heavy atom. The number of anilines is 1. The zero-order chi connectivity index (χ0) is 12.0. The number of nitrogens with two attached hydrogens (primary N) is 2. The van der Waals surface area contributed by atoms with E-state index in [4.69, 9.17) is 11.6 Å². The highest BCUT2D eigenvalue weighted by molar-refractivity contribution is 5.48. The molecule has 0 aromatic heterocycles. The van der Waals surface area contributed by atoms with Gasteiger partial charge in [-0.05, 0) is 43.0 Å². The average Bonchev–Trinajstić information content (AvgIpc) is 2.28.